The highest BCUT2D eigenvalue weighted by Crippen LogP contribution is 2.41. The molecule has 1 heterocycles. The molecule has 0 aromatic heterocycles. The van der Waals surface area contributed by atoms with Crippen molar-refractivity contribution in [3.8, 4) is 0 Å². The standard InChI is InChI=1S/C22H36N4O2S.HI/c1-3-23-21(24-17-19-11-15-26(16-12-19)29(2,27)28)25-18-22(13-7-8-14-22)20-9-5-4-6-10-20;/h4-6,9-10,19H,3,7-8,11-18H2,1-2H3,(H2,23,24,25);1H. The number of hydrogen-bond donors (Lipinski definition) is 2. The van der Waals surface area contributed by atoms with Crippen molar-refractivity contribution in [1.29, 1.82) is 0 Å². The third-order valence-corrected chi connectivity index (χ3v) is 7.73. The summed E-state index contributed by atoms with van der Waals surface area (Å²) in [6, 6.07) is 10.8. The van der Waals surface area contributed by atoms with Crippen LogP contribution in [0.5, 0.6) is 0 Å². The molecule has 2 fully saturated rings. The average Bonchev–Trinajstić information content (AvgIpc) is 3.21. The normalized spacial score (nSPS) is 20.5. The van der Waals surface area contributed by atoms with Crippen molar-refractivity contribution in [3.63, 3.8) is 0 Å². The minimum atomic E-state index is -3.06. The van der Waals surface area contributed by atoms with Crippen LogP contribution in [0.25, 0.3) is 0 Å². The zero-order valence-corrected chi connectivity index (χ0v) is 21.4. The van der Waals surface area contributed by atoms with Gasteiger partial charge in [0.15, 0.2) is 5.96 Å². The Hall–Kier alpha value is -0.870. The molecular weight excluding hydrogens is 511 g/mol. The summed E-state index contributed by atoms with van der Waals surface area (Å²) in [7, 11) is -3.06. The molecule has 30 heavy (non-hydrogen) atoms. The summed E-state index contributed by atoms with van der Waals surface area (Å²) in [6.45, 7) is 5.80. The minimum absolute atomic E-state index is 0. The number of nitrogens with zero attached hydrogens (tertiary/aromatic N) is 2. The Balaban J connectivity index is 0.00000320. The van der Waals surface area contributed by atoms with E-state index in [-0.39, 0.29) is 29.4 Å². The molecular formula is C22H37IN4O2S. The van der Waals surface area contributed by atoms with E-state index in [0.717, 1.165) is 38.4 Å². The summed E-state index contributed by atoms with van der Waals surface area (Å²) < 4.78 is 25.0. The molecule has 0 radical (unpaired) electrons. The van der Waals surface area contributed by atoms with Crippen LogP contribution in [0.15, 0.2) is 35.3 Å². The molecule has 3 rings (SSSR count). The number of guanidine groups is 1. The van der Waals surface area contributed by atoms with E-state index in [4.69, 9.17) is 4.99 Å². The molecule has 1 aromatic rings. The summed E-state index contributed by atoms with van der Waals surface area (Å²) in [4.78, 5) is 4.97. The van der Waals surface area contributed by atoms with E-state index < -0.39 is 10.0 Å². The second-order valence-corrected chi connectivity index (χ2v) is 10.5. The molecule has 1 saturated heterocycles. The van der Waals surface area contributed by atoms with E-state index in [1.54, 1.807) is 4.31 Å². The molecule has 0 atom stereocenters. The van der Waals surface area contributed by atoms with Gasteiger partial charge in [-0.1, -0.05) is 43.2 Å². The van der Waals surface area contributed by atoms with Crippen molar-refractivity contribution in [3.05, 3.63) is 35.9 Å². The van der Waals surface area contributed by atoms with Crippen LogP contribution in [0.2, 0.25) is 0 Å². The van der Waals surface area contributed by atoms with Crippen LogP contribution in [-0.2, 0) is 15.4 Å². The highest BCUT2D eigenvalue weighted by atomic mass is 127. The Morgan fingerprint density at radius 1 is 1.13 bits per heavy atom. The van der Waals surface area contributed by atoms with Crippen LogP contribution in [0.3, 0.4) is 0 Å². The summed E-state index contributed by atoms with van der Waals surface area (Å²) >= 11 is 0. The number of aliphatic imine (C=N–C) groups is 1. The van der Waals surface area contributed by atoms with Crippen molar-refractivity contribution in [2.24, 2.45) is 10.9 Å². The average molecular weight is 549 g/mol. The van der Waals surface area contributed by atoms with Gasteiger partial charge in [0.1, 0.15) is 0 Å². The molecule has 0 unspecified atom stereocenters. The van der Waals surface area contributed by atoms with Gasteiger partial charge in [-0.05, 0) is 44.1 Å². The lowest BCUT2D eigenvalue weighted by Gasteiger charge is -2.31. The van der Waals surface area contributed by atoms with E-state index in [9.17, 15) is 8.42 Å². The van der Waals surface area contributed by atoms with E-state index >= 15 is 0 Å². The highest BCUT2D eigenvalue weighted by Gasteiger charge is 2.35. The monoisotopic (exact) mass is 548 g/mol. The fourth-order valence-electron chi connectivity index (χ4n) is 4.64. The maximum Gasteiger partial charge on any atom is 0.211 e. The summed E-state index contributed by atoms with van der Waals surface area (Å²) in [6.07, 6.45) is 8.03. The number of halogens is 1. The van der Waals surface area contributed by atoms with Gasteiger partial charge in [0.25, 0.3) is 0 Å². The molecule has 8 heteroatoms. The maximum absolute atomic E-state index is 11.7. The summed E-state index contributed by atoms with van der Waals surface area (Å²) in [5.41, 5.74) is 1.56. The lowest BCUT2D eigenvalue weighted by Crippen LogP contribution is -2.44. The number of benzene rings is 1. The molecule has 1 aliphatic carbocycles. The van der Waals surface area contributed by atoms with Crippen molar-refractivity contribution >= 4 is 40.0 Å². The van der Waals surface area contributed by atoms with Crippen molar-refractivity contribution in [2.45, 2.75) is 50.9 Å². The zero-order chi connectivity index (χ0) is 20.7. The SMILES string of the molecule is CCNC(=NCC1(c2ccccc2)CCCC1)NCC1CCN(S(C)(=O)=O)CC1.I. The van der Waals surface area contributed by atoms with E-state index in [2.05, 4.69) is 47.9 Å². The molecule has 0 amide bonds. The van der Waals surface area contributed by atoms with Crippen LogP contribution in [0.1, 0.15) is 51.0 Å². The predicted molar refractivity (Wildman–Crippen MR) is 135 cm³/mol. The maximum atomic E-state index is 11.7. The number of piperidine rings is 1. The second-order valence-electron chi connectivity index (χ2n) is 8.53. The molecule has 2 N–H and O–H groups in total. The number of rotatable bonds is 7. The van der Waals surface area contributed by atoms with E-state index in [1.165, 1.54) is 37.5 Å². The van der Waals surface area contributed by atoms with Crippen LogP contribution in [0, 0.1) is 5.92 Å². The predicted octanol–water partition coefficient (Wildman–Crippen LogP) is 3.34. The molecule has 0 spiro atoms. The van der Waals surface area contributed by atoms with Gasteiger partial charge in [0.2, 0.25) is 10.0 Å². The smallest absolute Gasteiger partial charge is 0.211 e. The summed E-state index contributed by atoms with van der Waals surface area (Å²) in [5, 5.41) is 6.89. The third kappa shape index (κ3) is 6.82. The van der Waals surface area contributed by atoms with Crippen molar-refractivity contribution in [1.82, 2.24) is 14.9 Å². The van der Waals surface area contributed by atoms with E-state index in [1.807, 2.05) is 0 Å². The summed E-state index contributed by atoms with van der Waals surface area (Å²) in [5.74, 6) is 1.35. The molecule has 1 aromatic carbocycles. The third-order valence-electron chi connectivity index (χ3n) is 6.43. The molecule has 170 valence electrons. The first kappa shape index (κ1) is 25.4. The zero-order valence-electron chi connectivity index (χ0n) is 18.3. The van der Waals surface area contributed by atoms with Gasteiger partial charge in [-0.2, -0.15) is 0 Å². The van der Waals surface area contributed by atoms with Crippen molar-refractivity contribution < 1.29 is 8.42 Å². The topological polar surface area (TPSA) is 73.8 Å². The van der Waals surface area contributed by atoms with Crippen molar-refractivity contribution in [2.75, 3.05) is 39.0 Å². The largest absolute Gasteiger partial charge is 0.357 e. The number of hydrogen-bond acceptors (Lipinski definition) is 3. The molecule has 1 saturated carbocycles. The first-order valence-electron chi connectivity index (χ1n) is 11.0. The molecule has 6 nitrogen and oxygen atoms in total. The van der Waals surface area contributed by atoms with Gasteiger partial charge < -0.3 is 10.6 Å². The number of sulfonamides is 1. The minimum Gasteiger partial charge on any atom is -0.357 e. The van der Waals surface area contributed by atoms with Gasteiger partial charge in [-0.3, -0.25) is 4.99 Å². The Morgan fingerprint density at radius 3 is 2.33 bits per heavy atom. The first-order valence-corrected chi connectivity index (χ1v) is 12.8. The fraction of sp³-hybridized carbons (Fsp3) is 0.682. The van der Waals surface area contributed by atoms with E-state index in [0.29, 0.717) is 19.0 Å². The quantitative estimate of drug-likeness (QED) is 0.312. The first-order chi connectivity index (χ1) is 13.9. The van der Waals surface area contributed by atoms with Crippen LogP contribution in [-0.4, -0.2) is 57.7 Å². The molecule has 1 aliphatic heterocycles. The lowest BCUT2D eigenvalue weighted by atomic mass is 9.79. The lowest BCUT2D eigenvalue weighted by molar-refractivity contribution is 0.274. The van der Waals surface area contributed by atoms with Gasteiger partial charge in [0, 0.05) is 31.6 Å². The number of nitrogens with one attached hydrogen (secondary N) is 2. The molecule has 2 aliphatic rings. The Morgan fingerprint density at radius 2 is 1.77 bits per heavy atom. The Bertz CT molecular complexity index is 772. The highest BCUT2D eigenvalue weighted by molar-refractivity contribution is 14.0. The van der Waals surface area contributed by atoms with Gasteiger partial charge in [0.05, 0.1) is 12.8 Å². The second kappa shape index (κ2) is 11.7. The Labute approximate surface area is 199 Å². The van der Waals surface area contributed by atoms with Crippen LogP contribution < -0.4 is 10.6 Å². The fourth-order valence-corrected chi connectivity index (χ4v) is 5.51. The van der Waals surface area contributed by atoms with Crippen LogP contribution in [0.4, 0.5) is 0 Å². The van der Waals surface area contributed by atoms with Crippen LogP contribution >= 0.6 is 24.0 Å². The molecule has 0 bridgehead atoms. The van der Waals surface area contributed by atoms with Gasteiger partial charge in [-0.15, -0.1) is 24.0 Å². The van der Waals surface area contributed by atoms with Gasteiger partial charge in [-0.25, -0.2) is 12.7 Å². The Kier molecular flexibility index (Phi) is 9.87. The van der Waals surface area contributed by atoms with Gasteiger partial charge >= 0.3 is 0 Å².